The predicted molar refractivity (Wildman–Crippen MR) is 67.2 cm³/mol. The molecule has 0 spiro atoms. The van der Waals surface area contributed by atoms with Gasteiger partial charge in [0.1, 0.15) is 5.82 Å². The zero-order valence-electron chi connectivity index (χ0n) is 10.6. The van der Waals surface area contributed by atoms with Crippen molar-refractivity contribution in [3.63, 3.8) is 0 Å². The maximum Gasteiger partial charge on any atom is 0.337 e. The quantitative estimate of drug-likeness (QED) is 0.800. The van der Waals surface area contributed by atoms with Gasteiger partial charge in [0.15, 0.2) is 0 Å². The number of methoxy groups -OCH3 is 1. The highest BCUT2D eigenvalue weighted by Crippen LogP contribution is 2.35. The molecule has 2 rings (SSSR count). The van der Waals surface area contributed by atoms with Gasteiger partial charge in [-0.2, -0.15) is 8.78 Å². The molecule has 0 radical (unpaired) electrons. The van der Waals surface area contributed by atoms with Gasteiger partial charge in [-0.1, -0.05) is 12.1 Å². The lowest BCUT2D eigenvalue weighted by Gasteiger charge is -2.17. The topological polar surface area (TPSA) is 26.3 Å². The predicted octanol–water partition coefficient (Wildman–Crippen LogP) is 3.75. The molecule has 0 fully saturated rings. The van der Waals surface area contributed by atoms with Crippen molar-refractivity contribution in [2.45, 2.75) is 5.92 Å². The van der Waals surface area contributed by atoms with Crippen LogP contribution in [0.3, 0.4) is 0 Å². The van der Waals surface area contributed by atoms with Crippen molar-refractivity contribution in [1.29, 1.82) is 0 Å². The number of hydrogen-bond acceptors (Lipinski definition) is 2. The number of esters is 1. The first-order chi connectivity index (χ1) is 9.45. The van der Waals surface area contributed by atoms with Crippen molar-refractivity contribution < 1.29 is 22.7 Å². The number of ether oxygens (including phenoxy) is 1. The molecule has 0 saturated carbocycles. The largest absolute Gasteiger partial charge is 0.465 e. The first-order valence-corrected chi connectivity index (χ1v) is 5.78. The lowest BCUT2D eigenvalue weighted by molar-refractivity contribution is 0.0425. The molecule has 5 heteroatoms. The van der Waals surface area contributed by atoms with Crippen LogP contribution in [0.2, 0.25) is 0 Å². The molecule has 0 atom stereocenters. The average molecular weight is 280 g/mol. The summed E-state index contributed by atoms with van der Waals surface area (Å²) in [5.41, 5.74) is -0.667. The van der Waals surface area contributed by atoms with Crippen molar-refractivity contribution in [1.82, 2.24) is 0 Å². The molecule has 0 unspecified atom stereocenters. The first-order valence-electron chi connectivity index (χ1n) is 5.78. The zero-order chi connectivity index (χ0) is 14.8. The van der Waals surface area contributed by atoms with E-state index in [1.165, 1.54) is 25.3 Å². The lowest BCUT2D eigenvalue weighted by Crippen LogP contribution is -2.16. The Hall–Kier alpha value is -2.30. The highest BCUT2D eigenvalue weighted by molar-refractivity contribution is 5.89. The second kappa shape index (κ2) is 5.36. The Morgan fingerprint density at radius 3 is 2.30 bits per heavy atom. The molecule has 0 saturated heterocycles. The fourth-order valence-electron chi connectivity index (χ4n) is 1.79. The molecular formula is C15H11F3O2. The van der Waals surface area contributed by atoms with E-state index in [-0.39, 0.29) is 16.7 Å². The van der Waals surface area contributed by atoms with Gasteiger partial charge >= 0.3 is 5.97 Å². The molecule has 0 heterocycles. The van der Waals surface area contributed by atoms with Gasteiger partial charge in [-0.15, -0.1) is 0 Å². The normalized spacial score (nSPS) is 11.2. The smallest absolute Gasteiger partial charge is 0.337 e. The van der Waals surface area contributed by atoms with Crippen LogP contribution in [0.15, 0.2) is 48.5 Å². The molecule has 0 aliphatic heterocycles. The van der Waals surface area contributed by atoms with Gasteiger partial charge in [-0.05, 0) is 36.4 Å². The van der Waals surface area contributed by atoms with Crippen LogP contribution in [0.1, 0.15) is 21.5 Å². The fourth-order valence-corrected chi connectivity index (χ4v) is 1.79. The Bertz CT molecular complexity index is 621. The third-order valence-electron chi connectivity index (χ3n) is 2.85. The number of carbonyl (C=O) groups is 1. The summed E-state index contributed by atoms with van der Waals surface area (Å²) in [6, 6.07) is 8.96. The van der Waals surface area contributed by atoms with E-state index < -0.39 is 17.7 Å². The second-order valence-electron chi connectivity index (χ2n) is 4.15. The molecule has 0 aromatic heterocycles. The maximum atomic E-state index is 14.3. The van der Waals surface area contributed by atoms with Crippen LogP contribution in [0.4, 0.5) is 13.2 Å². The molecule has 0 N–H and O–H groups in total. The highest BCUT2D eigenvalue weighted by atomic mass is 19.3. The SMILES string of the molecule is COC(=O)c1cccc(C(F)(F)c2ccc(F)cc2)c1. The third kappa shape index (κ3) is 2.66. The Morgan fingerprint density at radius 1 is 1.05 bits per heavy atom. The minimum Gasteiger partial charge on any atom is -0.465 e. The Kier molecular flexibility index (Phi) is 3.79. The van der Waals surface area contributed by atoms with Crippen molar-refractivity contribution in [2.75, 3.05) is 7.11 Å². The Labute approximate surface area is 113 Å². The van der Waals surface area contributed by atoms with Gasteiger partial charge in [0.05, 0.1) is 12.7 Å². The molecule has 0 bridgehead atoms. The standard InChI is InChI=1S/C15H11F3O2/c1-20-14(19)10-3-2-4-12(9-10)15(17,18)11-5-7-13(16)8-6-11/h2-9H,1H3. The van der Waals surface area contributed by atoms with E-state index in [0.717, 1.165) is 30.3 Å². The van der Waals surface area contributed by atoms with Gasteiger partial charge < -0.3 is 4.74 Å². The summed E-state index contributed by atoms with van der Waals surface area (Å²) in [4.78, 5) is 11.4. The van der Waals surface area contributed by atoms with Crippen LogP contribution in [0.5, 0.6) is 0 Å². The molecule has 2 nitrogen and oxygen atoms in total. The van der Waals surface area contributed by atoms with Crippen molar-refractivity contribution in [3.05, 3.63) is 71.0 Å². The van der Waals surface area contributed by atoms with E-state index in [9.17, 15) is 18.0 Å². The first kappa shape index (κ1) is 14.1. The van der Waals surface area contributed by atoms with Gasteiger partial charge in [0.2, 0.25) is 0 Å². The van der Waals surface area contributed by atoms with Crippen LogP contribution in [0.25, 0.3) is 0 Å². The molecule has 0 amide bonds. The molecule has 0 aliphatic rings. The maximum absolute atomic E-state index is 14.3. The lowest BCUT2D eigenvalue weighted by atomic mass is 9.98. The molecule has 2 aromatic rings. The number of halogens is 3. The van der Waals surface area contributed by atoms with Crippen LogP contribution < -0.4 is 0 Å². The summed E-state index contributed by atoms with van der Waals surface area (Å²) in [6.45, 7) is 0. The van der Waals surface area contributed by atoms with Crippen molar-refractivity contribution in [2.24, 2.45) is 0 Å². The summed E-state index contributed by atoms with van der Waals surface area (Å²) in [5.74, 6) is -4.60. The summed E-state index contributed by atoms with van der Waals surface area (Å²) in [7, 11) is 1.17. The van der Waals surface area contributed by atoms with Crippen LogP contribution >= 0.6 is 0 Å². The van der Waals surface area contributed by atoms with Crippen molar-refractivity contribution in [3.8, 4) is 0 Å². The molecule has 2 aromatic carbocycles. The molecular weight excluding hydrogens is 269 g/mol. The zero-order valence-corrected chi connectivity index (χ0v) is 10.6. The average Bonchev–Trinajstić information content (AvgIpc) is 2.47. The summed E-state index contributed by atoms with van der Waals surface area (Å²) >= 11 is 0. The van der Waals surface area contributed by atoms with E-state index in [0.29, 0.717) is 0 Å². The minimum atomic E-state index is -3.32. The monoisotopic (exact) mass is 280 g/mol. The van der Waals surface area contributed by atoms with E-state index in [1.807, 2.05) is 0 Å². The molecule has 20 heavy (non-hydrogen) atoms. The number of carbonyl (C=O) groups excluding carboxylic acids is 1. The fraction of sp³-hybridized carbons (Fsp3) is 0.133. The van der Waals surface area contributed by atoms with Gasteiger partial charge in [0, 0.05) is 11.1 Å². The van der Waals surface area contributed by atoms with Crippen LogP contribution in [-0.4, -0.2) is 13.1 Å². The van der Waals surface area contributed by atoms with E-state index in [2.05, 4.69) is 4.74 Å². The number of rotatable bonds is 3. The van der Waals surface area contributed by atoms with Gasteiger partial charge in [-0.25, -0.2) is 9.18 Å². The van der Waals surface area contributed by atoms with E-state index in [1.54, 1.807) is 0 Å². The van der Waals surface area contributed by atoms with Crippen LogP contribution in [-0.2, 0) is 10.7 Å². The Balaban J connectivity index is 2.43. The summed E-state index contributed by atoms with van der Waals surface area (Å²) in [5, 5.41) is 0. The van der Waals surface area contributed by atoms with Crippen molar-refractivity contribution >= 4 is 5.97 Å². The minimum absolute atomic E-state index is 0.0341. The molecule has 104 valence electrons. The summed E-state index contributed by atoms with van der Waals surface area (Å²) < 4.78 is 45.9. The molecule has 0 aliphatic carbocycles. The third-order valence-corrected chi connectivity index (χ3v) is 2.85. The highest BCUT2D eigenvalue weighted by Gasteiger charge is 2.34. The van der Waals surface area contributed by atoms with Gasteiger partial charge in [0.25, 0.3) is 5.92 Å². The van der Waals surface area contributed by atoms with E-state index >= 15 is 0 Å². The van der Waals surface area contributed by atoms with Gasteiger partial charge in [-0.3, -0.25) is 0 Å². The second-order valence-corrected chi connectivity index (χ2v) is 4.15. The Morgan fingerprint density at radius 2 is 1.70 bits per heavy atom. The number of alkyl halides is 2. The van der Waals surface area contributed by atoms with Crippen LogP contribution in [0, 0.1) is 5.82 Å². The summed E-state index contributed by atoms with van der Waals surface area (Å²) in [6.07, 6.45) is 0. The van der Waals surface area contributed by atoms with E-state index in [4.69, 9.17) is 0 Å². The number of hydrogen-bond donors (Lipinski definition) is 0. The number of benzene rings is 2.